The molecular weight excluding hydrogens is 416 g/mol. The van der Waals surface area contributed by atoms with Crippen LogP contribution in [0.1, 0.15) is 58.7 Å². The average Bonchev–Trinajstić information content (AvgIpc) is 2.75. The second kappa shape index (κ2) is 10.1. The smallest absolute Gasteiger partial charge is 0.506 e. The Morgan fingerprint density at radius 3 is 2.18 bits per heavy atom. The first-order chi connectivity index (χ1) is 15.6. The summed E-state index contributed by atoms with van der Waals surface area (Å²) in [6.45, 7) is 9.80. The quantitative estimate of drug-likeness (QED) is 0.333. The minimum atomic E-state index is -1.31. The molecule has 3 aromatic carbocycles. The summed E-state index contributed by atoms with van der Waals surface area (Å²) in [7, 11) is 0. The Balaban J connectivity index is 1.97. The van der Waals surface area contributed by atoms with E-state index in [1.165, 1.54) is 0 Å². The normalized spacial score (nSPS) is 10.5. The van der Waals surface area contributed by atoms with E-state index in [1.807, 2.05) is 77.1 Å². The first-order valence-electron chi connectivity index (χ1n) is 10.7. The van der Waals surface area contributed by atoms with Crippen molar-refractivity contribution >= 4 is 6.16 Å². The first-order valence-corrected chi connectivity index (χ1v) is 10.7. The van der Waals surface area contributed by atoms with Crippen molar-refractivity contribution in [3.63, 3.8) is 0 Å². The number of aryl methyl sites for hydroxylation is 3. The molecule has 0 bridgehead atoms. The Bertz CT molecular complexity index is 1200. The zero-order valence-corrected chi connectivity index (χ0v) is 19.5. The summed E-state index contributed by atoms with van der Waals surface area (Å²) in [6, 6.07) is 15.1. The number of ether oxygens (including phenoxy) is 2. The maximum Gasteiger partial charge on any atom is 0.506 e. The van der Waals surface area contributed by atoms with Gasteiger partial charge < -0.3 is 19.7 Å². The van der Waals surface area contributed by atoms with Crippen molar-refractivity contribution in [2.75, 3.05) is 0 Å². The summed E-state index contributed by atoms with van der Waals surface area (Å²) in [5, 5.41) is 19.5. The SMILES string of the molecule is Cc1ccc(C#Cc2cc(Oc3c(C)cc(COC(=O)O)cc3C)cc(C(C)C)c2O)cc1. The van der Waals surface area contributed by atoms with Crippen molar-refractivity contribution in [1.82, 2.24) is 0 Å². The summed E-state index contributed by atoms with van der Waals surface area (Å²) >= 11 is 0. The standard InChI is InChI=1S/C28H28O5/c1-17(2)25-15-24(14-23(26(25)29)11-10-21-8-6-18(3)7-9-21)33-27-19(4)12-22(13-20(27)5)16-32-28(30)31/h6-9,12-15,17,29H,16H2,1-5H3,(H,30,31). The molecule has 0 aliphatic rings. The Morgan fingerprint density at radius 1 is 0.970 bits per heavy atom. The Kier molecular flexibility index (Phi) is 7.30. The molecule has 33 heavy (non-hydrogen) atoms. The van der Waals surface area contributed by atoms with Crippen molar-refractivity contribution in [3.8, 4) is 29.1 Å². The summed E-state index contributed by atoms with van der Waals surface area (Å²) in [4.78, 5) is 10.7. The Morgan fingerprint density at radius 2 is 1.61 bits per heavy atom. The molecule has 3 rings (SSSR count). The fraction of sp³-hybridized carbons (Fsp3) is 0.250. The van der Waals surface area contributed by atoms with Gasteiger partial charge in [-0.25, -0.2) is 4.79 Å². The van der Waals surface area contributed by atoms with Gasteiger partial charge in [0.15, 0.2) is 0 Å². The van der Waals surface area contributed by atoms with Gasteiger partial charge >= 0.3 is 6.16 Å². The van der Waals surface area contributed by atoms with Crippen LogP contribution in [-0.2, 0) is 11.3 Å². The third-order valence-electron chi connectivity index (χ3n) is 5.23. The summed E-state index contributed by atoms with van der Waals surface area (Å²) in [5.41, 5.74) is 5.73. The van der Waals surface area contributed by atoms with Crippen molar-refractivity contribution < 1.29 is 24.5 Å². The van der Waals surface area contributed by atoms with E-state index in [4.69, 9.17) is 9.84 Å². The van der Waals surface area contributed by atoms with Crippen LogP contribution in [0.3, 0.4) is 0 Å². The van der Waals surface area contributed by atoms with E-state index in [1.54, 1.807) is 6.07 Å². The van der Waals surface area contributed by atoms with Gasteiger partial charge in [-0.3, -0.25) is 0 Å². The zero-order valence-electron chi connectivity index (χ0n) is 19.5. The third kappa shape index (κ3) is 6.08. The number of aromatic hydroxyl groups is 1. The van der Waals surface area contributed by atoms with Gasteiger partial charge in [0.05, 0.1) is 5.56 Å². The van der Waals surface area contributed by atoms with Crippen LogP contribution in [-0.4, -0.2) is 16.4 Å². The van der Waals surface area contributed by atoms with Crippen molar-refractivity contribution in [3.05, 3.63) is 87.5 Å². The van der Waals surface area contributed by atoms with Gasteiger partial charge in [0.25, 0.3) is 0 Å². The number of rotatable bonds is 5. The maximum atomic E-state index is 10.8. The molecule has 2 N–H and O–H groups in total. The molecule has 5 nitrogen and oxygen atoms in total. The lowest BCUT2D eigenvalue weighted by atomic mass is 9.98. The minimum Gasteiger partial charge on any atom is -0.506 e. The lowest BCUT2D eigenvalue weighted by Gasteiger charge is -2.17. The van der Waals surface area contributed by atoms with Gasteiger partial charge in [-0.15, -0.1) is 0 Å². The molecule has 5 heteroatoms. The summed E-state index contributed by atoms with van der Waals surface area (Å²) in [5.74, 6) is 7.68. The lowest BCUT2D eigenvalue weighted by Crippen LogP contribution is -2.02. The molecule has 0 amide bonds. The molecule has 0 saturated heterocycles. The molecule has 3 aromatic rings. The molecule has 0 aliphatic carbocycles. The number of carboxylic acid groups (broad SMARTS) is 1. The van der Waals surface area contributed by atoms with Crippen molar-refractivity contribution in [1.29, 1.82) is 0 Å². The van der Waals surface area contributed by atoms with Gasteiger partial charge in [-0.1, -0.05) is 43.4 Å². The second-order valence-electron chi connectivity index (χ2n) is 8.39. The maximum absolute atomic E-state index is 10.8. The lowest BCUT2D eigenvalue weighted by molar-refractivity contribution is 0.0853. The van der Waals surface area contributed by atoms with Gasteiger partial charge in [0.1, 0.15) is 23.9 Å². The van der Waals surface area contributed by atoms with E-state index in [2.05, 4.69) is 16.6 Å². The zero-order chi connectivity index (χ0) is 24.1. The van der Waals surface area contributed by atoms with E-state index in [0.717, 1.165) is 33.4 Å². The number of phenolic OH excluding ortho intramolecular Hbond substituents is 1. The van der Waals surface area contributed by atoms with E-state index >= 15 is 0 Å². The third-order valence-corrected chi connectivity index (χ3v) is 5.23. The molecule has 0 fully saturated rings. The van der Waals surface area contributed by atoms with Gasteiger partial charge in [-0.2, -0.15) is 0 Å². The van der Waals surface area contributed by atoms with Crippen LogP contribution in [0, 0.1) is 32.6 Å². The highest BCUT2D eigenvalue weighted by Crippen LogP contribution is 2.37. The minimum absolute atomic E-state index is 0.0211. The predicted octanol–water partition coefficient (Wildman–Crippen LogP) is 6.83. The van der Waals surface area contributed by atoms with Gasteiger partial charge in [-0.05, 0) is 73.7 Å². The van der Waals surface area contributed by atoms with Gasteiger partial charge in [0, 0.05) is 17.2 Å². The van der Waals surface area contributed by atoms with Crippen LogP contribution in [0.2, 0.25) is 0 Å². The number of benzene rings is 3. The molecule has 0 unspecified atom stereocenters. The number of carbonyl (C=O) groups is 1. The van der Waals surface area contributed by atoms with Crippen LogP contribution in [0.15, 0.2) is 48.5 Å². The Hall–Kier alpha value is -3.91. The van der Waals surface area contributed by atoms with Crippen LogP contribution in [0.4, 0.5) is 4.79 Å². The molecule has 0 aliphatic heterocycles. The van der Waals surface area contributed by atoms with E-state index < -0.39 is 6.16 Å². The van der Waals surface area contributed by atoms with Crippen LogP contribution in [0.25, 0.3) is 0 Å². The van der Waals surface area contributed by atoms with E-state index in [0.29, 0.717) is 17.1 Å². The van der Waals surface area contributed by atoms with Crippen molar-refractivity contribution in [2.24, 2.45) is 0 Å². The molecule has 170 valence electrons. The van der Waals surface area contributed by atoms with Crippen LogP contribution >= 0.6 is 0 Å². The predicted molar refractivity (Wildman–Crippen MR) is 128 cm³/mol. The van der Waals surface area contributed by atoms with E-state index in [-0.39, 0.29) is 18.3 Å². The van der Waals surface area contributed by atoms with Crippen LogP contribution in [0.5, 0.6) is 17.2 Å². The molecule has 0 saturated carbocycles. The van der Waals surface area contributed by atoms with Gasteiger partial charge in [0.2, 0.25) is 0 Å². The topological polar surface area (TPSA) is 76.0 Å². The summed E-state index contributed by atoms with van der Waals surface area (Å²) < 4.78 is 10.9. The highest BCUT2D eigenvalue weighted by molar-refractivity contribution is 5.58. The fourth-order valence-electron chi connectivity index (χ4n) is 3.55. The van der Waals surface area contributed by atoms with Crippen molar-refractivity contribution in [2.45, 2.75) is 47.1 Å². The fourth-order valence-corrected chi connectivity index (χ4v) is 3.55. The highest BCUT2D eigenvalue weighted by Gasteiger charge is 2.15. The van der Waals surface area contributed by atoms with E-state index in [9.17, 15) is 9.90 Å². The summed E-state index contributed by atoms with van der Waals surface area (Å²) in [6.07, 6.45) is -1.31. The number of hydrogen-bond acceptors (Lipinski definition) is 4. The Labute approximate surface area is 194 Å². The molecular formula is C28H28O5. The molecule has 0 radical (unpaired) electrons. The molecule has 0 aromatic heterocycles. The second-order valence-corrected chi connectivity index (χ2v) is 8.39. The number of phenols is 1. The monoisotopic (exact) mass is 444 g/mol. The average molecular weight is 445 g/mol. The number of hydrogen-bond donors (Lipinski definition) is 2. The molecule has 0 heterocycles. The largest absolute Gasteiger partial charge is 0.506 e. The molecule has 0 atom stereocenters. The van der Waals surface area contributed by atoms with Crippen LogP contribution < -0.4 is 4.74 Å². The highest BCUT2D eigenvalue weighted by atomic mass is 16.7. The molecule has 0 spiro atoms. The first kappa shape index (κ1) is 23.7.